The molecule has 0 unspecified atom stereocenters. The molecule has 0 aromatic carbocycles. The van der Waals surface area contributed by atoms with Crippen molar-refractivity contribution in [3.63, 3.8) is 0 Å². The van der Waals surface area contributed by atoms with Crippen molar-refractivity contribution < 1.29 is 9.53 Å². The van der Waals surface area contributed by atoms with E-state index in [1.54, 1.807) is 13.1 Å². The predicted octanol–water partition coefficient (Wildman–Crippen LogP) is 1.26. The number of carbonyl (C=O) groups excluding carboxylic acids is 1. The predicted molar refractivity (Wildman–Crippen MR) is 67.6 cm³/mol. The van der Waals surface area contributed by atoms with Crippen molar-refractivity contribution in [3.8, 4) is 0 Å². The lowest BCUT2D eigenvalue weighted by atomic mass is 10.4. The largest absolute Gasteiger partial charge is 0.468 e. The van der Waals surface area contributed by atoms with Crippen molar-refractivity contribution in [3.05, 3.63) is 21.8 Å². The Morgan fingerprint density at radius 2 is 2.41 bits per heavy atom. The van der Waals surface area contributed by atoms with Crippen LogP contribution in [0.15, 0.2) is 21.4 Å². The summed E-state index contributed by atoms with van der Waals surface area (Å²) in [4.78, 5) is 28.0. The second-order valence-corrected chi connectivity index (χ2v) is 5.10. The van der Waals surface area contributed by atoms with E-state index in [0.717, 1.165) is 0 Å². The Hall–Kier alpha value is -1.34. The maximum atomic E-state index is 11.9. The lowest BCUT2D eigenvalue weighted by Crippen LogP contribution is -2.19. The third-order valence-corrected chi connectivity index (χ3v) is 4.02. The van der Waals surface area contributed by atoms with Crippen LogP contribution in [-0.4, -0.2) is 28.4 Å². The van der Waals surface area contributed by atoms with E-state index in [4.69, 9.17) is 0 Å². The van der Waals surface area contributed by atoms with Gasteiger partial charge in [-0.15, -0.1) is 11.3 Å². The molecule has 5 nitrogen and oxygen atoms in total. The number of carbonyl (C=O) groups is 1. The molecule has 0 fully saturated rings. The average molecular weight is 270 g/mol. The maximum Gasteiger partial charge on any atom is 0.316 e. The molecule has 2 aromatic rings. The molecule has 2 heterocycles. The minimum Gasteiger partial charge on any atom is -0.468 e. The molecular weight excluding hydrogens is 260 g/mol. The quantitative estimate of drug-likeness (QED) is 0.477. The Bertz CT molecular complexity index is 618. The number of hydrogen-bond donors (Lipinski definition) is 0. The molecule has 0 aliphatic carbocycles. The van der Waals surface area contributed by atoms with Gasteiger partial charge in [-0.05, 0) is 11.4 Å². The van der Waals surface area contributed by atoms with Crippen molar-refractivity contribution in [1.29, 1.82) is 0 Å². The SMILES string of the molecule is COC(=O)CSc1nc2sccc2c(=O)n1C. The Labute approximate surface area is 105 Å². The summed E-state index contributed by atoms with van der Waals surface area (Å²) in [6.07, 6.45) is 0. The monoisotopic (exact) mass is 270 g/mol. The van der Waals surface area contributed by atoms with Crippen molar-refractivity contribution in [2.75, 3.05) is 12.9 Å². The smallest absolute Gasteiger partial charge is 0.316 e. The van der Waals surface area contributed by atoms with Crippen molar-refractivity contribution in [1.82, 2.24) is 9.55 Å². The van der Waals surface area contributed by atoms with E-state index >= 15 is 0 Å². The van der Waals surface area contributed by atoms with Gasteiger partial charge in [-0.1, -0.05) is 11.8 Å². The summed E-state index contributed by atoms with van der Waals surface area (Å²) in [5.41, 5.74) is -0.0939. The van der Waals surface area contributed by atoms with E-state index < -0.39 is 0 Å². The van der Waals surface area contributed by atoms with Gasteiger partial charge >= 0.3 is 5.97 Å². The first kappa shape index (κ1) is 12.1. The third kappa shape index (κ3) is 2.34. The number of thiophene rings is 1. The molecule has 0 amide bonds. The molecular formula is C10H10N2O3S2. The molecule has 2 rings (SSSR count). The van der Waals surface area contributed by atoms with Crippen LogP contribution < -0.4 is 5.56 Å². The zero-order chi connectivity index (χ0) is 12.4. The second-order valence-electron chi connectivity index (χ2n) is 3.26. The van der Waals surface area contributed by atoms with Crippen LogP contribution in [0.3, 0.4) is 0 Å². The summed E-state index contributed by atoms with van der Waals surface area (Å²) in [6.45, 7) is 0. The number of methoxy groups -OCH3 is 1. The minimum absolute atomic E-state index is 0.0939. The van der Waals surface area contributed by atoms with Gasteiger partial charge in [0.05, 0.1) is 18.2 Å². The highest BCUT2D eigenvalue weighted by molar-refractivity contribution is 7.99. The van der Waals surface area contributed by atoms with Gasteiger partial charge in [0.1, 0.15) is 4.83 Å². The first-order valence-electron chi connectivity index (χ1n) is 4.77. The van der Waals surface area contributed by atoms with Crippen molar-refractivity contribution in [2.45, 2.75) is 5.16 Å². The molecule has 0 aliphatic rings. The molecule has 2 aromatic heterocycles. The normalized spacial score (nSPS) is 10.7. The molecule has 90 valence electrons. The topological polar surface area (TPSA) is 61.2 Å². The maximum absolute atomic E-state index is 11.9. The molecule has 0 radical (unpaired) electrons. The lowest BCUT2D eigenvalue weighted by molar-refractivity contribution is -0.137. The molecule has 0 aliphatic heterocycles. The van der Waals surface area contributed by atoms with Crippen LogP contribution in [0.4, 0.5) is 0 Å². The van der Waals surface area contributed by atoms with Crippen LogP contribution in [0.5, 0.6) is 0 Å². The standard InChI is InChI=1S/C10H10N2O3S2/c1-12-9(14)6-3-4-16-8(6)11-10(12)17-5-7(13)15-2/h3-4H,5H2,1-2H3. The van der Waals surface area contributed by atoms with Crippen LogP contribution in [0.2, 0.25) is 0 Å². The van der Waals surface area contributed by atoms with E-state index in [0.29, 0.717) is 15.4 Å². The highest BCUT2D eigenvalue weighted by Gasteiger charge is 2.11. The summed E-state index contributed by atoms with van der Waals surface area (Å²) in [5, 5.41) is 2.96. The second kappa shape index (κ2) is 4.89. The van der Waals surface area contributed by atoms with Gasteiger partial charge in [0.25, 0.3) is 5.56 Å². The van der Waals surface area contributed by atoms with Crippen LogP contribution in [0.1, 0.15) is 0 Å². The fourth-order valence-corrected chi connectivity index (χ4v) is 2.90. The number of ether oxygens (including phenoxy) is 1. The van der Waals surface area contributed by atoms with Gasteiger partial charge in [0.15, 0.2) is 5.16 Å². The van der Waals surface area contributed by atoms with Gasteiger partial charge in [-0.2, -0.15) is 0 Å². The number of esters is 1. The molecule has 0 saturated carbocycles. The first-order chi connectivity index (χ1) is 8.13. The number of aromatic nitrogens is 2. The molecule has 17 heavy (non-hydrogen) atoms. The fraction of sp³-hybridized carbons (Fsp3) is 0.300. The number of fused-ring (bicyclic) bond motifs is 1. The van der Waals surface area contributed by atoms with Gasteiger partial charge in [-0.3, -0.25) is 14.2 Å². The summed E-state index contributed by atoms with van der Waals surface area (Å²) in [6, 6.07) is 1.75. The van der Waals surface area contributed by atoms with Gasteiger partial charge in [-0.25, -0.2) is 4.98 Å². The van der Waals surface area contributed by atoms with Crippen molar-refractivity contribution in [2.24, 2.45) is 7.05 Å². The van der Waals surface area contributed by atoms with E-state index in [9.17, 15) is 9.59 Å². The molecule has 0 bridgehead atoms. The Morgan fingerprint density at radius 3 is 3.12 bits per heavy atom. The Kier molecular flexibility index (Phi) is 3.49. The van der Waals surface area contributed by atoms with E-state index in [1.165, 1.54) is 34.8 Å². The first-order valence-corrected chi connectivity index (χ1v) is 6.64. The number of nitrogens with zero attached hydrogens (tertiary/aromatic N) is 2. The van der Waals surface area contributed by atoms with Crippen molar-refractivity contribution >= 4 is 39.3 Å². The van der Waals surface area contributed by atoms with Gasteiger partial charge < -0.3 is 4.74 Å². The summed E-state index contributed by atoms with van der Waals surface area (Å²) in [5.74, 6) is -0.191. The van der Waals surface area contributed by atoms with E-state index in [-0.39, 0.29) is 17.3 Å². The lowest BCUT2D eigenvalue weighted by Gasteiger charge is -2.05. The van der Waals surface area contributed by atoms with Crippen LogP contribution >= 0.6 is 23.1 Å². The molecule has 0 saturated heterocycles. The third-order valence-electron chi connectivity index (χ3n) is 2.21. The summed E-state index contributed by atoms with van der Waals surface area (Å²) < 4.78 is 5.99. The van der Waals surface area contributed by atoms with Crippen LogP contribution in [-0.2, 0) is 16.6 Å². The minimum atomic E-state index is -0.337. The Balaban J connectivity index is 2.37. The molecule has 0 spiro atoms. The summed E-state index contributed by atoms with van der Waals surface area (Å²) >= 11 is 2.61. The highest BCUT2D eigenvalue weighted by Crippen LogP contribution is 2.20. The van der Waals surface area contributed by atoms with Gasteiger partial charge in [0.2, 0.25) is 0 Å². The van der Waals surface area contributed by atoms with Gasteiger partial charge in [0, 0.05) is 7.05 Å². The van der Waals surface area contributed by atoms with E-state index in [2.05, 4.69) is 9.72 Å². The number of thioether (sulfide) groups is 1. The van der Waals surface area contributed by atoms with E-state index in [1.807, 2.05) is 5.38 Å². The number of hydrogen-bond acceptors (Lipinski definition) is 6. The summed E-state index contributed by atoms with van der Waals surface area (Å²) in [7, 11) is 2.98. The number of rotatable bonds is 3. The highest BCUT2D eigenvalue weighted by atomic mass is 32.2. The zero-order valence-electron chi connectivity index (χ0n) is 9.30. The van der Waals surface area contributed by atoms with Crippen LogP contribution in [0.25, 0.3) is 10.2 Å². The average Bonchev–Trinajstić information content (AvgIpc) is 2.79. The Morgan fingerprint density at radius 1 is 1.65 bits per heavy atom. The molecule has 0 N–H and O–H groups in total. The van der Waals surface area contributed by atoms with Crippen LogP contribution in [0, 0.1) is 0 Å². The molecule has 7 heteroatoms. The fourth-order valence-electron chi connectivity index (χ4n) is 1.29. The molecule has 0 atom stereocenters. The zero-order valence-corrected chi connectivity index (χ0v) is 10.9.